The fourth-order valence-corrected chi connectivity index (χ4v) is 4.74. The van der Waals surface area contributed by atoms with Crippen molar-refractivity contribution in [3.63, 3.8) is 0 Å². The Labute approximate surface area is 147 Å². The van der Waals surface area contributed by atoms with Crippen LogP contribution in [0.25, 0.3) is 0 Å². The second-order valence-corrected chi connectivity index (χ2v) is 8.14. The first-order valence-electron chi connectivity index (χ1n) is 9.02. The van der Waals surface area contributed by atoms with Crippen LogP contribution in [0.1, 0.15) is 24.2 Å². The van der Waals surface area contributed by atoms with E-state index in [0.717, 1.165) is 57.9 Å². The summed E-state index contributed by atoms with van der Waals surface area (Å²) in [6.07, 6.45) is 1.85. The Morgan fingerprint density at radius 1 is 1.29 bits per heavy atom. The van der Waals surface area contributed by atoms with Gasteiger partial charge in [-0.25, -0.2) is 0 Å². The van der Waals surface area contributed by atoms with E-state index in [-0.39, 0.29) is 11.8 Å². The molecule has 1 aromatic rings. The quantitative estimate of drug-likeness (QED) is 0.820. The van der Waals surface area contributed by atoms with Crippen LogP contribution < -0.4 is 0 Å². The molecule has 1 atom stereocenters. The maximum Gasteiger partial charge on any atom is 0.228 e. The van der Waals surface area contributed by atoms with Crippen LogP contribution in [0.5, 0.6) is 0 Å². The predicted octanol–water partition coefficient (Wildman–Crippen LogP) is 1.20. The zero-order valence-corrected chi connectivity index (χ0v) is 15.0. The number of hydrogen-bond donors (Lipinski definition) is 0. The summed E-state index contributed by atoms with van der Waals surface area (Å²) in [4.78, 5) is 17.2. The summed E-state index contributed by atoms with van der Waals surface area (Å²) >= 11 is 2.03. The van der Waals surface area contributed by atoms with Gasteiger partial charge in [0.05, 0.1) is 30.5 Å². The molecule has 4 rings (SSSR count). The Morgan fingerprint density at radius 3 is 2.96 bits per heavy atom. The summed E-state index contributed by atoms with van der Waals surface area (Å²) < 4.78 is 7.50. The van der Waals surface area contributed by atoms with E-state index in [1.807, 2.05) is 16.7 Å². The Kier molecular flexibility index (Phi) is 5.10. The highest BCUT2D eigenvalue weighted by Gasteiger charge is 2.29. The van der Waals surface area contributed by atoms with Crippen molar-refractivity contribution >= 4 is 17.7 Å². The minimum atomic E-state index is 0.0600. The van der Waals surface area contributed by atoms with Gasteiger partial charge in [0.2, 0.25) is 5.91 Å². The van der Waals surface area contributed by atoms with Crippen molar-refractivity contribution in [2.24, 2.45) is 5.92 Å². The summed E-state index contributed by atoms with van der Waals surface area (Å²) in [5.74, 6) is 2.76. The molecule has 0 aliphatic carbocycles. The van der Waals surface area contributed by atoms with Gasteiger partial charge in [0.15, 0.2) is 0 Å². The predicted molar refractivity (Wildman–Crippen MR) is 93.8 cm³/mol. The number of carbonyl (C=O) groups excluding carboxylic acids is 1. The summed E-state index contributed by atoms with van der Waals surface area (Å²) in [5.41, 5.74) is 2.33. The van der Waals surface area contributed by atoms with Crippen LogP contribution in [0.3, 0.4) is 0 Å². The van der Waals surface area contributed by atoms with Gasteiger partial charge in [-0.15, -0.1) is 0 Å². The molecule has 0 radical (unpaired) electrons. The molecule has 0 N–H and O–H groups in total. The highest BCUT2D eigenvalue weighted by atomic mass is 32.2. The molecule has 24 heavy (non-hydrogen) atoms. The smallest absolute Gasteiger partial charge is 0.228 e. The summed E-state index contributed by atoms with van der Waals surface area (Å²) in [6, 6.07) is 2.21. The molecule has 7 heteroatoms. The average Bonchev–Trinajstić information content (AvgIpc) is 3.21. The Balaban J connectivity index is 1.43. The van der Waals surface area contributed by atoms with E-state index in [1.54, 1.807) is 0 Å². The lowest BCUT2D eigenvalue weighted by Crippen LogP contribution is -2.36. The van der Waals surface area contributed by atoms with Crippen LogP contribution in [0.4, 0.5) is 0 Å². The molecule has 4 heterocycles. The molecular weight excluding hydrogens is 324 g/mol. The highest BCUT2D eigenvalue weighted by molar-refractivity contribution is 7.99. The van der Waals surface area contributed by atoms with E-state index >= 15 is 0 Å². The number of aryl methyl sites for hydroxylation is 1. The van der Waals surface area contributed by atoms with E-state index in [9.17, 15) is 4.79 Å². The highest BCUT2D eigenvalue weighted by Crippen LogP contribution is 2.21. The molecule has 0 bridgehead atoms. The molecule has 1 aromatic heterocycles. The second kappa shape index (κ2) is 7.45. The second-order valence-electron chi connectivity index (χ2n) is 6.91. The van der Waals surface area contributed by atoms with E-state index in [0.29, 0.717) is 13.2 Å². The van der Waals surface area contributed by atoms with Crippen LogP contribution in [0.2, 0.25) is 0 Å². The van der Waals surface area contributed by atoms with Crippen molar-refractivity contribution < 1.29 is 9.53 Å². The first-order valence-corrected chi connectivity index (χ1v) is 10.2. The lowest BCUT2D eigenvalue weighted by molar-refractivity contribution is -0.136. The molecular formula is C17H26N4O2S. The third kappa shape index (κ3) is 3.63. The molecule has 3 aliphatic rings. The van der Waals surface area contributed by atoms with Gasteiger partial charge in [-0.3, -0.25) is 14.4 Å². The fraction of sp³-hybridized carbons (Fsp3) is 0.765. The molecule has 132 valence electrons. The van der Waals surface area contributed by atoms with Crippen LogP contribution in [0.15, 0.2) is 6.07 Å². The minimum Gasteiger partial charge on any atom is -0.381 e. The Hall–Kier alpha value is -1.05. The van der Waals surface area contributed by atoms with Gasteiger partial charge in [0, 0.05) is 50.8 Å². The molecule has 1 amide bonds. The Bertz CT molecular complexity index is 579. The summed E-state index contributed by atoms with van der Waals surface area (Å²) in [6.45, 7) is 6.99. The van der Waals surface area contributed by atoms with Gasteiger partial charge in [-0.2, -0.15) is 16.9 Å². The number of fused-ring (bicyclic) bond motifs is 1. The minimum absolute atomic E-state index is 0.0600. The van der Waals surface area contributed by atoms with Crippen molar-refractivity contribution in [2.45, 2.75) is 32.5 Å². The molecule has 2 fully saturated rings. The number of aromatic nitrogens is 2. The molecule has 1 unspecified atom stereocenters. The van der Waals surface area contributed by atoms with Gasteiger partial charge < -0.3 is 9.64 Å². The number of hydrogen-bond acceptors (Lipinski definition) is 5. The van der Waals surface area contributed by atoms with E-state index < -0.39 is 0 Å². The van der Waals surface area contributed by atoms with Crippen LogP contribution in [-0.4, -0.2) is 69.8 Å². The van der Waals surface area contributed by atoms with Crippen LogP contribution in [-0.2, 0) is 29.2 Å². The topological polar surface area (TPSA) is 50.6 Å². The normalized spacial score (nSPS) is 25.5. The van der Waals surface area contributed by atoms with Crippen molar-refractivity contribution in [1.82, 2.24) is 19.6 Å². The zero-order chi connectivity index (χ0) is 16.4. The SMILES string of the molecule is O=C(C1CCOC1)N1CCCn2nc(CN3CCSCC3)cc2C1. The third-order valence-electron chi connectivity index (χ3n) is 5.14. The van der Waals surface area contributed by atoms with E-state index in [4.69, 9.17) is 9.84 Å². The number of rotatable bonds is 3. The number of amides is 1. The van der Waals surface area contributed by atoms with E-state index in [1.165, 1.54) is 17.2 Å². The average molecular weight is 350 g/mol. The van der Waals surface area contributed by atoms with Crippen molar-refractivity contribution in [1.29, 1.82) is 0 Å². The fourth-order valence-electron chi connectivity index (χ4n) is 3.76. The third-order valence-corrected chi connectivity index (χ3v) is 6.09. The van der Waals surface area contributed by atoms with Crippen molar-refractivity contribution in [2.75, 3.05) is 44.4 Å². The first kappa shape index (κ1) is 16.4. The van der Waals surface area contributed by atoms with Crippen LogP contribution >= 0.6 is 11.8 Å². The van der Waals surface area contributed by atoms with Crippen molar-refractivity contribution in [3.8, 4) is 0 Å². The molecule has 0 spiro atoms. The number of nitrogens with zero attached hydrogens (tertiary/aromatic N) is 4. The van der Waals surface area contributed by atoms with Gasteiger partial charge in [0.1, 0.15) is 0 Å². The molecule has 3 aliphatic heterocycles. The first-order chi connectivity index (χ1) is 11.8. The van der Waals surface area contributed by atoms with Gasteiger partial charge in [-0.1, -0.05) is 0 Å². The lowest BCUT2D eigenvalue weighted by atomic mass is 10.1. The standard InChI is InChI=1S/C17H26N4O2S/c22-17(14-2-7-23-13-14)20-3-1-4-21-16(12-20)10-15(18-21)11-19-5-8-24-9-6-19/h10,14H,1-9,11-13H2. The maximum atomic E-state index is 12.7. The molecule has 0 saturated carbocycles. The van der Waals surface area contributed by atoms with Crippen molar-refractivity contribution in [3.05, 3.63) is 17.5 Å². The van der Waals surface area contributed by atoms with E-state index in [2.05, 4.69) is 15.6 Å². The lowest BCUT2D eigenvalue weighted by Gasteiger charge is -2.25. The Morgan fingerprint density at radius 2 is 2.17 bits per heavy atom. The number of thioether (sulfide) groups is 1. The molecule has 0 aromatic carbocycles. The van der Waals surface area contributed by atoms with Gasteiger partial charge >= 0.3 is 0 Å². The van der Waals surface area contributed by atoms with Gasteiger partial charge in [0.25, 0.3) is 0 Å². The zero-order valence-electron chi connectivity index (χ0n) is 14.2. The monoisotopic (exact) mass is 350 g/mol. The molecule has 6 nitrogen and oxygen atoms in total. The molecule has 2 saturated heterocycles. The van der Waals surface area contributed by atoms with Crippen LogP contribution in [0, 0.1) is 5.92 Å². The number of carbonyl (C=O) groups is 1. The summed E-state index contributed by atoms with van der Waals surface area (Å²) in [5, 5.41) is 4.80. The maximum absolute atomic E-state index is 12.7. The number of ether oxygens (including phenoxy) is 1. The van der Waals surface area contributed by atoms with Gasteiger partial charge in [-0.05, 0) is 18.9 Å². The largest absolute Gasteiger partial charge is 0.381 e. The summed E-state index contributed by atoms with van der Waals surface area (Å²) in [7, 11) is 0.